The van der Waals surface area contributed by atoms with Crippen molar-refractivity contribution in [2.24, 2.45) is 0 Å². The summed E-state index contributed by atoms with van der Waals surface area (Å²) in [6.45, 7) is 9.88. The van der Waals surface area contributed by atoms with E-state index in [1.807, 2.05) is 0 Å². The quantitative estimate of drug-likeness (QED) is 0.0695. The zero-order valence-corrected chi connectivity index (χ0v) is 29.5. The van der Waals surface area contributed by atoms with Crippen LogP contribution in [0.2, 0.25) is 0 Å². The Labute approximate surface area is 258 Å². The van der Waals surface area contributed by atoms with Gasteiger partial charge in [-0.15, -0.1) is 0 Å². The van der Waals surface area contributed by atoms with Crippen LogP contribution in [0, 0.1) is 0 Å². The van der Waals surface area contributed by atoms with Crippen molar-refractivity contribution >= 4 is 19.2 Å². The average molecular weight is 599 g/mol. The van der Waals surface area contributed by atoms with E-state index in [0.29, 0.717) is 13.0 Å². The second kappa shape index (κ2) is 30.8. The van der Waals surface area contributed by atoms with Gasteiger partial charge in [0.05, 0.1) is 0 Å². The molecular formula is C36H75N2O2P. The zero-order valence-electron chi connectivity index (χ0n) is 28.5. The molecule has 1 aliphatic rings. The van der Waals surface area contributed by atoms with E-state index < -0.39 is 7.26 Å². The largest absolute Gasteiger partial charge is 0.337 e. The zero-order chi connectivity index (χ0) is 30.3. The van der Waals surface area contributed by atoms with Gasteiger partial charge < -0.3 is 5.32 Å². The molecule has 0 atom stereocenters. The maximum atomic E-state index is 10.3. The van der Waals surface area contributed by atoms with Crippen molar-refractivity contribution in [2.45, 2.75) is 188 Å². The first-order valence-electron chi connectivity index (χ1n) is 18.6. The Hall–Kier alpha value is -0.630. The standard InChI is InChI=1S/C32H69P.C4H6N2O2/c1-5-9-13-17-18-19-20-21-22-23-24-28-32-33(29-25-14-10-6-2,30-26-15-11-7-3)31-27-16-12-8-4;7-3-1-2-5-4(8)6-3/h33H,5-32H2,1-4H3;1-2H2,(H2,5,6,7,8). The number of amides is 3. The van der Waals surface area contributed by atoms with Crippen LogP contribution in [0.4, 0.5) is 4.79 Å². The number of nitrogens with one attached hydrogen (secondary N) is 2. The Morgan fingerprint density at radius 2 is 0.756 bits per heavy atom. The maximum absolute atomic E-state index is 10.3. The fraction of sp³-hybridized carbons (Fsp3) is 0.944. The molecule has 0 spiro atoms. The van der Waals surface area contributed by atoms with Crippen LogP contribution >= 0.6 is 7.26 Å². The molecular weight excluding hydrogens is 523 g/mol. The molecule has 0 saturated carbocycles. The summed E-state index contributed by atoms with van der Waals surface area (Å²) >= 11 is 0. The molecule has 0 aromatic heterocycles. The number of hydrogen-bond donors (Lipinski definition) is 2. The van der Waals surface area contributed by atoms with Crippen molar-refractivity contribution in [3.05, 3.63) is 0 Å². The third kappa shape index (κ3) is 26.7. The molecule has 4 nitrogen and oxygen atoms in total. The molecule has 1 fully saturated rings. The molecule has 1 rings (SSSR count). The van der Waals surface area contributed by atoms with Gasteiger partial charge in [0.15, 0.2) is 0 Å². The molecule has 246 valence electrons. The molecule has 5 heteroatoms. The third-order valence-corrected chi connectivity index (χ3v) is 14.8. The molecule has 0 aromatic carbocycles. The molecule has 1 aliphatic heterocycles. The van der Waals surface area contributed by atoms with E-state index in [9.17, 15) is 9.59 Å². The van der Waals surface area contributed by atoms with Gasteiger partial charge in [-0.25, -0.2) is 4.79 Å². The second-order valence-corrected chi connectivity index (χ2v) is 18.1. The number of carbonyl (C=O) groups excluding carboxylic acids is 2. The second-order valence-electron chi connectivity index (χ2n) is 13.1. The van der Waals surface area contributed by atoms with Crippen LogP contribution in [0.3, 0.4) is 0 Å². The van der Waals surface area contributed by atoms with Gasteiger partial charge in [-0.1, -0.05) is 13.3 Å². The minimum absolute atomic E-state index is 0.200. The Morgan fingerprint density at radius 3 is 1.02 bits per heavy atom. The molecule has 0 bridgehead atoms. The van der Waals surface area contributed by atoms with E-state index in [2.05, 4.69) is 38.3 Å². The molecule has 0 unspecified atom stereocenters. The van der Waals surface area contributed by atoms with Crippen molar-refractivity contribution in [1.82, 2.24) is 10.6 Å². The fourth-order valence-electron chi connectivity index (χ4n) is 6.39. The summed E-state index contributed by atoms with van der Waals surface area (Å²) in [7, 11) is -1.04. The molecule has 1 saturated heterocycles. The molecule has 1 heterocycles. The van der Waals surface area contributed by atoms with Gasteiger partial charge >= 0.3 is 206 Å². The van der Waals surface area contributed by atoms with Crippen LogP contribution < -0.4 is 10.6 Å². The molecule has 2 N–H and O–H groups in total. The van der Waals surface area contributed by atoms with Gasteiger partial charge in [0.1, 0.15) is 0 Å². The van der Waals surface area contributed by atoms with E-state index in [-0.39, 0.29) is 11.9 Å². The van der Waals surface area contributed by atoms with E-state index in [4.69, 9.17) is 0 Å². The summed E-state index contributed by atoms with van der Waals surface area (Å²) in [6.07, 6.45) is 42.7. The van der Waals surface area contributed by atoms with Crippen molar-refractivity contribution in [3.63, 3.8) is 0 Å². The van der Waals surface area contributed by atoms with Crippen molar-refractivity contribution in [3.8, 4) is 0 Å². The predicted molar refractivity (Wildman–Crippen MR) is 187 cm³/mol. The molecule has 0 aliphatic carbocycles. The first kappa shape index (κ1) is 40.4. The van der Waals surface area contributed by atoms with Crippen LogP contribution in [0.15, 0.2) is 0 Å². The summed E-state index contributed by atoms with van der Waals surface area (Å²) in [4.78, 5) is 20.5. The number of urea groups is 1. The summed E-state index contributed by atoms with van der Waals surface area (Å²) in [6, 6.07) is -0.388. The minimum Gasteiger partial charge on any atom is -0.337 e. The van der Waals surface area contributed by atoms with Crippen LogP contribution in [0.5, 0.6) is 0 Å². The van der Waals surface area contributed by atoms with E-state index in [1.54, 1.807) is 50.3 Å². The van der Waals surface area contributed by atoms with Gasteiger partial charge in [0.2, 0.25) is 5.91 Å². The summed E-state index contributed by atoms with van der Waals surface area (Å²) in [5.74, 6) is -0.200. The SMILES string of the molecule is CCCCCCCCCCCCCC[PH](CCCCCC)(CCCCCC)CCCCCC.O=C1CCNC(=O)N1. The van der Waals surface area contributed by atoms with Crippen molar-refractivity contribution in [2.75, 3.05) is 31.2 Å². The number of carbonyl (C=O) groups is 2. The van der Waals surface area contributed by atoms with E-state index >= 15 is 0 Å². The first-order chi connectivity index (χ1) is 20.0. The smallest absolute Gasteiger partial charge is 0.321 e. The first-order valence-corrected chi connectivity index (χ1v) is 21.4. The van der Waals surface area contributed by atoms with Crippen LogP contribution in [0.25, 0.3) is 0 Å². The number of imide groups is 1. The Balaban J connectivity index is 0.00000170. The summed E-state index contributed by atoms with van der Waals surface area (Å²) in [5.41, 5.74) is 0. The van der Waals surface area contributed by atoms with Gasteiger partial charge in [-0.2, -0.15) is 0 Å². The summed E-state index contributed by atoms with van der Waals surface area (Å²) < 4.78 is 0. The number of unbranched alkanes of at least 4 members (excludes halogenated alkanes) is 20. The monoisotopic (exact) mass is 599 g/mol. The van der Waals surface area contributed by atoms with Gasteiger partial charge in [-0.05, 0) is 0 Å². The Morgan fingerprint density at radius 1 is 0.463 bits per heavy atom. The number of hydrogen-bond acceptors (Lipinski definition) is 2. The van der Waals surface area contributed by atoms with Gasteiger partial charge in [0, 0.05) is 13.0 Å². The van der Waals surface area contributed by atoms with Crippen LogP contribution in [0.1, 0.15) is 188 Å². The van der Waals surface area contributed by atoms with Crippen molar-refractivity contribution in [1.29, 1.82) is 0 Å². The fourth-order valence-corrected chi connectivity index (χ4v) is 11.9. The Kier molecular flexibility index (Phi) is 30.3. The van der Waals surface area contributed by atoms with Gasteiger partial charge in [0.25, 0.3) is 0 Å². The minimum atomic E-state index is -1.04. The van der Waals surface area contributed by atoms with Crippen LogP contribution in [-0.2, 0) is 4.79 Å². The molecule has 0 aromatic rings. The number of rotatable bonds is 28. The Bertz CT molecular complexity index is 539. The van der Waals surface area contributed by atoms with E-state index in [1.165, 1.54) is 128 Å². The normalized spacial score (nSPS) is 13.9. The molecule has 3 amide bonds. The molecule has 41 heavy (non-hydrogen) atoms. The molecule has 0 radical (unpaired) electrons. The van der Waals surface area contributed by atoms with E-state index in [0.717, 1.165) is 0 Å². The van der Waals surface area contributed by atoms with Gasteiger partial charge in [-0.3, -0.25) is 10.1 Å². The predicted octanol–water partition coefficient (Wildman–Crippen LogP) is 11.4. The summed E-state index contributed by atoms with van der Waals surface area (Å²) in [5, 5.41) is 4.53. The van der Waals surface area contributed by atoms with Crippen molar-refractivity contribution < 1.29 is 9.59 Å². The third-order valence-electron chi connectivity index (χ3n) is 9.13. The van der Waals surface area contributed by atoms with Crippen LogP contribution in [-0.4, -0.2) is 43.1 Å². The average Bonchev–Trinajstić information content (AvgIpc) is 2.96. The topological polar surface area (TPSA) is 58.2 Å². The maximum Gasteiger partial charge on any atom is 0.321 e.